The molecule has 0 spiro atoms. The Morgan fingerprint density at radius 1 is 1.33 bits per heavy atom. The largest absolute Gasteiger partial charge is 0.368 e. The Kier molecular flexibility index (Phi) is 8.20. The van der Waals surface area contributed by atoms with Gasteiger partial charge in [0.2, 0.25) is 5.91 Å². The molecule has 0 aliphatic carbocycles. The third-order valence-corrected chi connectivity index (χ3v) is 3.62. The quantitative estimate of drug-likeness (QED) is 0.586. The van der Waals surface area contributed by atoms with Crippen molar-refractivity contribution in [3.05, 3.63) is 0 Å². The fourth-order valence-electron chi connectivity index (χ4n) is 2.26. The van der Waals surface area contributed by atoms with E-state index in [1.165, 1.54) is 0 Å². The summed E-state index contributed by atoms with van der Waals surface area (Å²) in [5.41, 5.74) is 4.91. The standard InChI is InChI=1S/C14H31N3O/c1-6-16-14(5,13(15)18)10-8-9-11-17(7-2)12(3)4/h12,16H,6-11H2,1-5H3,(H2,15,18). The van der Waals surface area contributed by atoms with Gasteiger partial charge in [0.1, 0.15) is 0 Å². The minimum Gasteiger partial charge on any atom is -0.368 e. The van der Waals surface area contributed by atoms with Gasteiger partial charge in [-0.1, -0.05) is 13.8 Å². The fourth-order valence-corrected chi connectivity index (χ4v) is 2.26. The summed E-state index contributed by atoms with van der Waals surface area (Å²) >= 11 is 0. The van der Waals surface area contributed by atoms with Crippen molar-refractivity contribution in [2.45, 2.75) is 65.5 Å². The maximum Gasteiger partial charge on any atom is 0.237 e. The molecular formula is C14H31N3O. The van der Waals surface area contributed by atoms with Crippen LogP contribution in [0.15, 0.2) is 0 Å². The SMILES string of the molecule is CCNC(C)(CCCCN(CC)C(C)C)C(N)=O. The van der Waals surface area contributed by atoms with Crippen LogP contribution in [-0.2, 0) is 4.79 Å². The zero-order valence-electron chi connectivity index (χ0n) is 12.8. The molecule has 0 saturated heterocycles. The number of amides is 1. The molecule has 0 aromatic heterocycles. The predicted octanol–water partition coefficient (Wildman–Crippen LogP) is 1.74. The summed E-state index contributed by atoms with van der Waals surface area (Å²) in [6.07, 6.45) is 2.95. The Balaban J connectivity index is 4.04. The van der Waals surface area contributed by atoms with Gasteiger partial charge in [-0.25, -0.2) is 0 Å². The summed E-state index contributed by atoms with van der Waals surface area (Å²) in [6.45, 7) is 13.5. The molecule has 4 heteroatoms. The van der Waals surface area contributed by atoms with Crippen LogP contribution < -0.4 is 11.1 Å². The Labute approximate surface area is 112 Å². The maximum atomic E-state index is 11.5. The van der Waals surface area contributed by atoms with Crippen LogP contribution in [0.4, 0.5) is 0 Å². The van der Waals surface area contributed by atoms with Crippen molar-refractivity contribution in [3.8, 4) is 0 Å². The minimum absolute atomic E-state index is 0.249. The molecule has 108 valence electrons. The van der Waals surface area contributed by atoms with E-state index in [1.54, 1.807) is 0 Å². The summed E-state index contributed by atoms with van der Waals surface area (Å²) in [4.78, 5) is 13.9. The van der Waals surface area contributed by atoms with Gasteiger partial charge in [-0.2, -0.15) is 0 Å². The Hall–Kier alpha value is -0.610. The number of hydrogen-bond donors (Lipinski definition) is 2. The van der Waals surface area contributed by atoms with Crippen LogP contribution >= 0.6 is 0 Å². The van der Waals surface area contributed by atoms with Gasteiger partial charge in [0.15, 0.2) is 0 Å². The molecule has 0 saturated carbocycles. The summed E-state index contributed by atoms with van der Waals surface area (Å²) in [5.74, 6) is -0.249. The third kappa shape index (κ3) is 5.83. The first kappa shape index (κ1) is 17.4. The van der Waals surface area contributed by atoms with Crippen molar-refractivity contribution in [1.29, 1.82) is 0 Å². The molecule has 0 aliphatic rings. The number of primary amides is 1. The van der Waals surface area contributed by atoms with Crippen LogP contribution in [0.5, 0.6) is 0 Å². The highest BCUT2D eigenvalue weighted by molar-refractivity contribution is 5.84. The van der Waals surface area contributed by atoms with Gasteiger partial charge in [-0.05, 0) is 59.7 Å². The highest BCUT2D eigenvalue weighted by atomic mass is 16.1. The molecule has 0 aromatic carbocycles. The van der Waals surface area contributed by atoms with Crippen LogP contribution in [0.2, 0.25) is 0 Å². The van der Waals surface area contributed by atoms with Crippen LogP contribution in [0.1, 0.15) is 53.9 Å². The molecule has 0 aliphatic heterocycles. The van der Waals surface area contributed by atoms with Crippen LogP contribution in [0.25, 0.3) is 0 Å². The number of carbonyl (C=O) groups excluding carboxylic acids is 1. The molecule has 1 unspecified atom stereocenters. The molecular weight excluding hydrogens is 226 g/mol. The van der Waals surface area contributed by atoms with Crippen molar-refractivity contribution < 1.29 is 4.79 Å². The van der Waals surface area contributed by atoms with Gasteiger partial charge in [0.05, 0.1) is 5.54 Å². The van der Waals surface area contributed by atoms with Gasteiger partial charge < -0.3 is 16.0 Å². The van der Waals surface area contributed by atoms with Gasteiger partial charge in [0, 0.05) is 6.04 Å². The number of nitrogens with one attached hydrogen (secondary N) is 1. The van der Waals surface area contributed by atoms with Crippen LogP contribution in [0, 0.1) is 0 Å². The van der Waals surface area contributed by atoms with Gasteiger partial charge in [-0.15, -0.1) is 0 Å². The molecule has 0 bridgehead atoms. The first-order valence-corrected chi connectivity index (χ1v) is 7.16. The normalized spacial score (nSPS) is 15.1. The fraction of sp³-hybridized carbons (Fsp3) is 0.929. The van der Waals surface area contributed by atoms with E-state index in [2.05, 4.69) is 31.0 Å². The zero-order chi connectivity index (χ0) is 14.2. The number of likely N-dealkylation sites (N-methyl/N-ethyl adjacent to an activating group) is 1. The number of carbonyl (C=O) groups is 1. The summed E-state index contributed by atoms with van der Waals surface area (Å²) in [5, 5.41) is 3.20. The number of nitrogens with two attached hydrogens (primary N) is 1. The first-order chi connectivity index (χ1) is 8.37. The second-order valence-corrected chi connectivity index (χ2v) is 5.41. The number of nitrogens with zero attached hydrogens (tertiary/aromatic N) is 1. The van der Waals surface area contributed by atoms with Crippen molar-refractivity contribution in [1.82, 2.24) is 10.2 Å². The molecule has 4 nitrogen and oxygen atoms in total. The van der Waals surface area contributed by atoms with E-state index in [0.29, 0.717) is 6.04 Å². The van der Waals surface area contributed by atoms with Gasteiger partial charge in [-0.3, -0.25) is 4.79 Å². The number of unbranched alkanes of at least 4 members (excludes halogenated alkanes) is 1. The average molecular weight is 257 g/mol. The first-order valence-electron chi connectivity index (χ1n) is 7.16. The minimum atomic E-state index is -0.552. The van der Waals surface area contributed by atoms with E-state index in [-0.39, 0.29) is 5.91 Å². The van der Waals surface area contributed by atoms with Crippen molar-refractivity contribution in [2.75, 3.05) is 19.6 Å². The highest BCUT2D eigenvalue weighted by Crippen LogP contribution is 2.14. The average Bonchev–Trinajstić information content (AvgIpc) is 2.28. The number of rotatable bonds is 10. The summed E-state index contributed by atoms with van der Waals surface area (Å²) in [7, 11) is 0. The van der Waals surface area contributed by atoms with Crippen LogP contribution in [-0.4, -0.2) is 42.0 Å². The Morgan fingerprint density at radius 2 is 1.94 bits per heavy atom. The smallest absolute Gasteiger partial charge is 0.237 e. The second-order valence-electron chi connectivity index (χ2n) is 5.41. The highest BCUT2D eigenvalue weighted by Gasteiger charge is 2.28. The van der Waals surface area contributed by atoms with Gasteiger partial charge >= 0.3 is 0 Å². The molecule has 0 fully saturated rings. The molecule has 3 N–H and O–H groups in total. The van der Waals surface area contributed by atoms with Crippen molar-refractivity contribution in [2.24, 2.45) is 5.73 Å². The monoisotopic (exact) mass is 257 g/mol. The molecule has 0 radical (unpaired) electrons. The van der Waals surface area contributed by atoms with Crippen molar-refractivity contribution in [3.63, 3.8) is 0 Å². The van der Waals surface area contributed by atoms with E-state index in [1.807, 2.05) is 13.8 Å². The molecule has 1 atom stereocenters. The maximum absolute atomic E-state index is 11.5. The molecule has 0 rings (SSSR count). The molecule has 0 heterocycles. The molecule has 0 aromatic rings. The van der Waals surface area contributed by atoms with E-state index in [4.69, 9.17) is 5.73 Å². The van der Waals surface area contributed by atoms with E-state index < -0.39 is 5.54 Å². The lowest BCUT2D eigenvalue weighted by molar-refractivity contribution is -0.124. The Morgan fingerprint density at radius 3 is 2.33 bits per heavy atom. The van der Waals surface area contributed by atoms with Gasteiger partial charge in [0.25, 0.3) is 0 Å². The van der Waals surface area contributed by atoms with E-state index in [9.17, 15) is 4.79 Å². The van der Waals surface area contributed by atoms with E-state index >= 15 is 0 Å². The molecule has 1 amide bonds. The lowest BCUT2D eigenvalue weighted by Crippen LogP contribution is -2.53. The Bertz CT molecular complexity index is 243. The number of hydrogen-bond acceptors (Lipinski definition) is 3. The predicted molar refractivity (Wildman–Crippen MR) is 77.5 cm³/mol. The summed E-state index contributed by atoms with van der Waals surface area (Å²) in [6, 6.07) is 0.589. The van der Waals surface area contributed by atoms with E-state index in [0.717, 1.165) is 38.9 Å². The summed E-state index contributed by atoms with van der Waals surface area (Å²) < 4.78 is 0. The second kappa shape index (κ2) is 8.48. The lowest BCUT2D eigenvalue weighted by atomic mass is 9.94. The zero-order valence-corrected chi connectivity index (χ0v) is 12.8. The topological polar surface area (TPSA) is 58.4 Å². The molecule has 18 heavy (non-hydrogen) atoms. The lowest BCUT2D eigenvalue weighted by Gasteiger charge is -2.28. The van der Waals surface area contributed by atoms with Crippen LogP contribution in [0.3, 0.4) is 0 Å². The van der Waals surface area contributed by atoms with Crippen molar-refractivity contribution >= 4 is 5.91 Å². The third-order valence-electron chi connectivity index (χ3n) is 3.62.